The van der Waals surface area contributed by atoms with Gasteiger partial charge in [-0.2, -0.15) is 5.10 Å². The highest BCUT2D eigenvalue weighted by molar-refractivity contribution is 5.61. The van der Waals surface area contributed by atoms with Crippen LogP contribution in [0.25, 0.3) is 11.1 Å². The molecule has 2 heteroatoms. The van der Waals surface area contributed by atoms with Gasteiger partial charge in [0.2, 0.25) is 0 Å². The minimum absolute atomic E-state index is 0.591. The van der Waals surface area contributed by atoms with Crippen molar-refractivity contribution >= 4 is 0 Å². The molecule has 0 saturated heterocycles. The van der Waals surface area contributed by atoms with Crippen molar-refractivity contribution in [3.63, 3.8) is 0 Å². The summed E-state index contributed by atoms with van der Waals surface area (Å²) < 4.78 is 0. The Morgan fingerprint density at radius 3 is 2.29 bits per heavy atom. The van der Waals surface area contributed by atoms with E-state index >= 15 is 0 Å². The fourth-order valence-electron chi connectivity index (χ4n) is 1.47. The number of rotatable bonds is 2. The molecule has 0 aliphatic carbocycles. The summed E-state index contributed by atoms with van der Waals surface area (Å²) >= 11 is 0. The zero-order chi connectivity index (χ0) is 9.97. The van der Waals surface area contributed by atoms with Crippen molar-refractivity contribution in [2.75, 3.05) is 0 Å². The molecule has 2 aromatic rings. The Balaban J connectivity index is 2.31. The lowest BCUT2D eigenvalue weighted by Gasteiger charge is -2.05. The zero-order valence-corrected chi connectivity index (χ0v) is 8.49. The van der Waals surface area contributed by atoms with Gasteiger partial charge in [-0.25, -0.2) is 0 Å². The highest BCUT2D eigenvalue weighted by atomic mass is 15.1. The Bertz CT molecular complexity index is 385. The molecule has 1 heterocycles. The van der Waals surface area contributed by atoms with E-state index in [9.17, 15) is 0 Å². The Morgan fingerprint density at radius 1 is 1.07 bits per heavy atom. The SMILES string of the molecule is CC(C)c1ccc(-c2cn[nH]c2)cc1. The number of benzene rings is 1. The summed E-state index contributed by atoms with van der Waals surface area (Å²) in [6.07, 6.45) is 3.74. The predicted molar refractivity (Wildman–Crippen MR) is 58.1 cm³/mol. The number of aromatic nitrogens is 2. The Kier molecular flexibility index (Phi) is 2.35. The van der Waals surface area contributed by atoms with Crippen LogP contribution in [-0.2, 0) is 0 Å². The van der Waals surface area contributed by atoms with E-state index in [1.54, 1.807) is 0 Å². The van der Waals surface area contributed by atoms with Gasteiger partial charge in [-0.15, -0.1) is 0 Å². The van der Waals surface area contributed by atoms with Gasteiger partial charge >= 0.3 is 0 Å². The fraction of sp³-hybridized carbons (Fsp3) is 0.250. The maximum Gasteiger partial charge on any atom is 0.0565 e. The van der Waals surface area contributed by atoms with Crippen molar-refractivity contribution in [2.24, 2.45) is 0 Å². The van der Waals surface area contributed by atoms with E-state index in [1.807, 2.05) is 12.4 Å². The summed E-state index contributed by atoms with van der Waals surface area (Å²) in [5.74, 6) is 0.591. The first kappa shape index (κ1) is 9.00. The van der Waals surface area contributed by atoms with Crippen LogP contribution in [0.3, 0.4) is 0 Å². The van der Waals surface area contributed by atoms with Gasteiger partial charge in [-0.05, 0) is 17.0 Å². The molecule has 0 spiro atoms. The number of hydrogen-bond acceptors (Lipinski definition) is 1. The lowest BCUT2D eigenvalue weighted by atomic mass is 10.0. The number of nitrogens with zero attached hydrogens (tertiary/aromatic N) is 1. The number of hydrogen-bond donors (Lipinski definition) is 1. The molecule has 0 unspecified atom stereocenters. The van der Waals surface area contributed by atoms with Gasteiger partial charge in [0.25, 0.3) is 0 Å². The van der Waals surface area contributed by atoms with Crippen molar-refractivity contribution in [3.8, 4) is 11.1 Å². The largest absolute Gasteiger partial charge is 0.285 e. The van der Waals surface area contributed by atoms with Gasteiger partial charge in [0.05, 0.1) is 6.20 Å². The predicted octanol–water partition coefficient (Wildman–Crippen LogP) is 3.20. The first-order valence-corrected chi connectivity index (χ1v) is 4.86. The Hall–Kier alpha value is -1.57. The molecule has 2 nitrogen and oxygen atoms in total. The molecule has 1 aromatic heterocycles. The standard InChI is InChI=1S/C12H14N2/c1-9(2)10-3-5-11(6-4-10)12-7-13-14-8-12/h3-9H,1-2H3,(H,13,14). The summed E-state index contributed by atoms with van der Waals surface area (Å²) in [6, 6.07) is 8.63. The van der Waals surface area contributed by atoms with Gasteiger partial charge in [0.15, 0.2) is 0 Å². The highest BCUT2D eigenvalue weighted by Crippen LogP contribution is 2.21. The van der Waals surface area contributed by atoms with Crippen molar-refractivity contribution in [2.45, 2.75) is 19.8 Å². The van der Waals surface area contributed by atoms with E-state index in [0.717, 1.165) is 5.56 Å². The normalized spacial score (nSPS) is 10.8. The zero-order valence-electron chi connectivity index (χ0n) is 8.49. The van der Waals surface area contributed by atoms with E-state index in [0.29, 0.717) is 5.92 Å². The van der Waals surface area contributed by atoms with Crippen LogP contribution in [0, 0.1) is 0 Å². The summed E-state index contributed by atoms with van der Waals surface area (Å²) in [5.41, 5.74) is 3.72. The molecule has 0 radical (unpaired) electrons. The fourth-order valence-corrected chi connectivity index (χ4v) is 1.47. The highest BCUT2D eigenvalue weighted by Gasteiger charge is 2.00. The molecule has 0 bridgehead atoms. The first-order chi connectivity index (χ1) is 6.77. The van der Waals surface area contributed by atoms with Crippen molar-refractivity contribution < 1.29 is 0 Å². The van der Waals surface area contributed by atoms with Gasteiger partial charge in [0.1, 0.15) is 0 Å². The van der Waals surface area contributed by atoms with E-state index in [4.69, 9.17) is 0 Å². The quantitative estimate of drug-likeness (QED) is 0.766. The van der Waals surface area contributed by atoms with Crippen LogP contribution in [0.5, 0.6) is 0 Å². The van der Waals surface area contributed by atoms with Crippen LogP contribution in [0.2, 0.25) is 0 Å². The minimum Gasteiger partial charge on any atom is -0.285 e. The van der Waals surface area contributed by atoms with Gasteiger partial charge < -0.3 is 0 Å². The van der Waals surface area contributed by atoms with Crippen LogP contribution < -0.4 is 0 Å². The number of H-pyrrole nitrogens is 1. The molecule has 0 saturated carbocycles. The molecule has 72 valence electrons. The third-order valence-corrected chi connectivity index (χ3v) is 2.41. The van der Waals surface area contributed by atoms with Crippen LogP contribution in [0.15, 0.2) is 36.7 Å². The molecule has 0 aliphatic heterocycles. The second-order valence-electron chi connectivity index (χ2n) is 3.76. The molecular weight excluding hydrogens is 172 g/mol. The van der Waals surface area contributed by atoms with E-state index in [-0.39, 0.29) is 0 Å². The minimum atomic E-state index is 0.591. The molecule has 0 amide bonds. The topological polar surface area (TPSA) is 28.7 Å². The van der Waals surface area contributed by atoms with Crippen LogP contribution in [0.4, 0.5) is 0 Å². The lowest BCUT2D eigenvalue weighted by Crippen LogP contribution is -1.85. The maximum absolute atomic E-state index is 3.93. The second-order valence-corrected chi connectivity index (χ2v) is 3.76. The summed E-state index contributed by atoms with van der Waals surface area (Å²) in [6.45, 7) is 4.40. The van der Waals surface area contributed by atoms with E-state index < -0.39 is 0 Å². The Labute approximate surface area is 84.0 Å². The van der Waals surface area contributed by atoms with Gasteiger partial charge in [-0.3, -0.25) is 5.10 Å². The van der Waals surface area contributed by atoms with Crippen LogP contribution in [0.1, 0.15) is 25.3 Å². The van der Waals surface area contributed by atoms with Crippen LogP contribution in [-0.4, -0.2) is 10.2 Å². The Morgan fingerprint density at radius 2 is 1.79 bits per heavy atom. The molecule has 0 fully saturated rings. The lowest BCUT2D eigenvalue weighted by molar-refractivity contribution is 0.867. The van der Waals surface area contributed by atoms with Crippen LogP contribution >= 0.6 is 0 Å². The molecule has 14 heavy (non-hydrogen) atoms. The summed E-state index contributed by atoms with van der Waals surface area (Å²) in [4.78, 5) is 0. The molecule has 0 aliphatic rings. The van der Waals surface area contributed by atoms with Crippen molar-refractivity contribution in [1.82, 2.24) is 10.2 Å². The van der Waals surface area contributed by atoms with Gasteiger partial charge in [0, 0.05) is 11.8 Å². The average molecular weight is 186 g/mol. The third-order valence-electron chi connectivity index (χ3n) is 2.41. The molecule has 1 N–H and O–H groups in total. The summed E-state index contributed by atoms with van der Waals surface area (Å²) in [5, 5.41) is 6.75. The smallest absolute Gasteiger partial charge is 0.0565 e. The maximum atomic E-state index is 3.93. The summed E-state index contributed by atoms with van der Waals surface area (Å²) in [7, 11) is 0. The molecule has 1 aromatic carbocycles. The average Bonchev–Trinajstić information content (AvgIpc) is 2.71. The molecular formula is C12H14N2. The number of aromatic amines is 1. The van der Waals surface area contributed by atoms with Gasteiger partial charge in [-0.1, -0.05) is 38.1 Å². The number of nitrogens with one attached hydrogen (secondary N) is 1. The molecule has 2 rings (SSSR count). The molecule has 0 atom stereocenters. The second kappa shape index (κ2) is 3.66. The third kappa shape index (κ3) is 1.69. The van der Waals surface area contributed by atoms with Crippen molar-refractivity contribution in [3.05, 3.63) is 42.2 Å². The first-order valence-electron chi connectivity index (χ1n) is 4.86. The van der Waals surface area contributed by atoms with E-state index in [1.165, 1.54) is 11.1 Å². The monoisotopic (exact) mass is 186 g/mol. The van der Waals surface area contributed by atoms with E-state index in [2.05, 4.69) is 48.3 Å². The van der Waals surface area contributed by atoms with Crippen molar-refractivity contribution in [1.29, 1.82) is 0 Å².